The van der Waals surface area contributed by atoms with Gasteiger partial charge in [-0.1, -0.05) is 6.07 Å². The van der Waals surface area contributed by atoms with E-state index in [9.17, 15) is 0 Å². The molecule has 0 amide bonds. The molecule has 0 fully saturated rings. The van der Waals surface area contributed by atoms with Crippen molar-refractivity contribution in [1.82, 2.24) is 14.4 Å². The Morgan fingerprint density at radius 2 is 1.95 bits per heavy atom. The number of imidazole rings is 1. The summed E-state index contributed by atoms with van der Waals surface area (Å²) in [6.45, 7) is 4.25. The summed E-state index contributed by atoms with van der Waals surface area (Å²) in [7, 11) is 2.09. The lowest BCUT2D eigenvalue weighted by atomic mass is 9.99. The molecule has 0 atom stereocenters. The van der Waals surface area contributed by atoms with Crippen molar-refractivity contribution in [3.8, 4) is 11.3 Å². The van der Waals surface area contributed by atoms with Crippen LogP contribution in [0.2, 0.25) is 0 Å². The van der Waals surface area contributed by atoms with E-state index in [2.05, 4.69) is 67.1 Å². The van der Waals surface area contributed by atoms with Gasteiger partial charge in [0.25, 0.3) is 0 Å². The van der Waals surface area contributed by atoms with Crippen LogP contribution in [0.1, 0.15) is 11.1 Å². The second-order valence-corrected chi connectivity index (χ2v) is 5.79. The van der Waals surface area contributed by atoms with E-state index in [1.165, 1.54) is 22.4 Å². The maximum atomic E-state index is 4.70. The highest BCUT2D eigenvalue weighted by atomic mass is 15.0. The zero-order valence-corrected chi connectivity index (χ0v) is 12.9. The van der Waals surface area contributed by atoms with Gasteiger partial charge in [0.2, 0.25) is 5.69 Å². The van der Waals surface area contributed by atoms with Crippen LogP contribution in [0.4, 0.5) is 0 Å². The van der Waals surface area contributed by atoms with E-state index in [0.717, 1.165) is 16.6 Å². The van der Waals surface area contributed by atoms with Crippen molar-refractivity contribution in [1.29, 1.82) is 0 Å². The molecule has 0 bridgehead atoms. The molecule has 3 aromatic heterocycles. The molecule has 4 nitrogen and oxygen atoms in total. The average Bonchev–Trinajstić information content (AvgIpc) is 2.94. The number of aryl methyl sites for hydroxylation is 3. The van der Waals surface area contributed by atoms with Crippen LogP contribution in [0, 0.1) is 13.8 Å². The minimum absolute atomic E-state index is 0.871. The fourth-order valence-corrected chi connectivity index (χ4v) is 3.04. The number of aromatic nitrogens is 4. The van der Waals surface area contributed by atoms with Crippen molar-refractivity contribution in [2.75, 3.05) is 0 Å². The van der Waals surface area contributed by atoms with Crippen LogP contribution in [0.3, 0.4) is 0 Å². The molecule has 0 radical (unpaired) electrons. The molecule has 0 unspecified atom stereocenters. The van der Waals surface area contributed by atoms with Gasteiger partial charge in [0, 0.05) is 23.2 Å². The second-order valence-electron chi connectivity index (χ2n) is 5.79. The van der Waals surface area contributed by atoms with Crippen molar-refractivity contribution in [2.45, 2.75) is 13.8 Å². The van der Waals surface area contributed by atoms with Gasteiger partial charge in [-0.15, -0.1) is 0 Å². The number of fused-ring (bicyclic) bond motifs is 2. The fourth-order valence-electron chi connectivity index (χ4n) is 3.04. The highest BCUT2D eigenvalue weighted by Crippen LogP contribution is 2.29. The van der Waals surface area contributed by atoms with E-state index in [4.69, 9.17) is 4.98 Å². The summed E-state index contributed by atoms with van der Waals surface area (Å²) in [5.41, 5.74) is 6.77. The van der Waals surface area contributed by atoms with Crippen LogP contribution in [0.15, 0.2) is 49.2 Å². The first-order chi connectivity index (χ1) is 10.6. The summed E-state index contributed by atoms with van der Waals surface area (Å²) in [6, 6.07) is 8.54. The maximum absolute atomic E-state index is 4.70. The Kier molecular flexibility index (Phi) is 2.73. The van der Waals surface area contributed by atoms with Crippen LogP contribution < -0.4 is 4.57 Å². The molecule has 0 saturated carbocycles. The zero-order chi connectivity index (χ0) is 15.3. The van der Waals surface area contributed by atoms with Crippen molar-refractivity contribution in [3.63, 3.8) is 0 Å². The van der Waals surface area contributed by atoms with Gasteiger partial charge in [-0.2, -0.15) is 0 Å². The molecule has 3 heterocycles. The maximum Gasteiger partial charge on any atom is 0.213 e. The third-order valence-corrected chi connectivity index (χ3v) is 4.12. The minimum Gasteiger partial charge on any atom is -0.290 e. The van der Waals surface area contributed by atoms with Crippen molar-refractivity contribution in [3.05, 3.63) is 60.3 Å². The molecular weight excluding hydrogens is 272 g/mol. The molecule has 4 aromatic rings. The summed E-state index contributed by atoms with van der Waals surface area (Å²) in [5.74, 6) is 0. The molecular formula is C18H17N4+. The zero-order valence-electron chi connectivity index (χ0n) is 12.9. The number of benzene rings is 1. The average molecular weight is 289 g/mol. The quantitative estimate of drug-likeness (QED) is 0.505. The first kappa shape index (κ1) is 13.0. The van der Waals surface area contributed by atoms with E-state index in [1.54, 1.807) is 12.5 Å². The summed E-state index contributed by atoms with van der Waals surface area (Å²) >= 11 is 0. The van der Waals surface area contributed by atoms with E-state index in [0.29, 0.717) is 0 Å². The van der Waals surface area contributed by atoms with Gasteiger partial charge >= 0.3 is 0 Å². The summed E-state index contributed by atoms with van der Waals surface area (Å²) in [5, 5.41) is 1.14. The molecule has 0 aliphatic heterocycles. The molecule has 0 saturated heterocycles. The Morgan fingerprint density at radius 3 is 2.77 bits per heavy atom. The fraction of sp³-hybridized carbons (Fsp3) is 0.167. The molecule has 0 aliphatic rings. The monoisotopic (exact) mass is 289 g/mol. The Morgan fingerprint density at radius 1 is 1.09 bits per heavy atom. The lowest BCUT2D eigenvalue weighted by Gasteiger charge is -2.09. The highest BCUT2D eigenvalue weighted by molar-refractivity contribution is 5.95. The van der Waals surface area contributed by atoms with E-state index < -0.39 is 0 Å². The van der Waals surface area contributed by atoms with Crippen LogP contribution in [0.25, 0.3) is 27.8 Å². The van der Waals surface area contributed by atoms with Crippen LogP contribution in [0.5, 0.6) is 0 Å². The molecule has 0 spiro atoms. The van der Waals surface area contributed by atoms with Gasteiger partial charge in [0.05, 0.1) is 17.3 Å². The smallest absolute Gasteiger partial charge is 0.213 e. The molecule has 0 aliphatic carbocycles. The largest absolute Gasteiger partial charge is 0.290 e. The topological polar surface area (TPSA) is 34.1 Å². The predicted octanol–water partition coefficient (Wildman–Crippen LogP) is 2.99. The normalized spacial score (nSPS) is 11.4. The predicted molar refractivity (Wildman–Crippen MR) is 86.6 cm³/mol. The van der Waals surface area contributed by atoms with Gasteiger partial charge < -0.3 is 0 Å². The third-order valence-electron chi connectivity index (χ3n) is 4.12. The summed E-state index contributed by atoms with van der Waals surface area (Å²) in [4.78, 5) is 8.88. The van der Waals surface area contributed by atoms with Crippen molar-refractivity contribution < 1.29 is 4.57 Å². The molecule has 108 valence electrons. The summed E-state index contributed by atoms with van der Waals surface area (Å²) in [6.07, 6.45) is 7.84. The van der Waals surface area contributed by atoms with Crippen LogP contribution in [-0.4, -0.2) is 14.4 Å². The molecule has 4 rings (SSSR count). The van der Waals surface area contributed by atoms with E-state index in [-0.39, 0.29) is 0 Å². The summed E-state index contributed by atoms with van der Waals surface area (Å²) < 4.78 is 4.15. The molecule has 22 heavy (non-hydrogen) atoms. The Bertz CT molecular complexity index is 1010. The van der Waals surface area contributed by atoms with Crippen LogP contribution in [-0.2, 0) is 7.05 Å². The Balaban J connectivity index is 2.12. The van der Waals surface area contributed by atoms with Crippen LogP contribution >= 0.6 is 0 Å². The third kappa shape index (κ3) is 1.88. The highest BCUT2D eigenvalue weighted by Gasteiger charge is 2.17. The van der Waals surface area contributed by atoms with Gasteiger partial charge in [-0.05, 0) is 31.5 Å². The molecule has 0 N–H and O–H groups in total. The first-order valence-electron chi connectivity index (χ1n) is 7.32. The lowest BCUT2D eigenvalue weighted by molar-refractivity contribution is -0.660. The SMILES string of the molecule is Cc1ccc(-c2c(C)ccc3nc4cncn4cc23)[n+](C)c1. The molecule has 4 heteroatoms. The minimum atomic E-state index is 0.871. The van der Waals surface area contributed by atoms with E-state index in [1.807, 2.05) is 4.40 Å². The van der Waals surface area contributed by atoms with Crippen molar-refractivity contribution >= 4 is 16.6 Å². The van der Waals surface area contributed by atoms with Gasteiger partial charge in [0.1, 0.15) is 13.4 Å². The lowest BCUT2D eigenvalue weighted by Crippen LogP contribution is -2.31. The van der Waals surface area contributed by atoms with E-state index >= 15 is 0 Å². The number of rotatable bonds is 1. The first-order valence-corrected chi connectivity index (χ1v) is 7.32. The number of hydrogen-bond donors (Lipinski definition) is 0. The van der Waals surface area contributed by atoms with Gasteiger partial charge in [-0.3, -0.25) is 4.40 Å². The second kappa shape index (κ2) is 4.63. The number of pyridine rings is 1. The number of nitrogens with zero attached hydrogens (tertiary/aromatic N) is 4. The molecule has 1 aromatic carbocycles. The Hall–Kier alpha value is -2.75. The number of hydrogen-bond acceptors (Lipinski definition) is 2. The van der Waals surface area contributed by atoms with Crippen molar-refractivity contribution in [2.24, 2.45) is 7.05 Å². The van der Waals surface area contributed by atoms with Gasteiger partial charge in [0.15, 0.2) is 11.8 Å². The Labute approximate surface area is 128 Å². The standard InChI is InChI=1S/C18H17N4/c1-12-4-7-16(21(3)9-12)18-13(2)5-6-15-14(18)10-22-11-19-8-17(22)20-15/h4-11H,1-3H3/q+1. The van der Waals surface area contributed by atoms with Gasteiger partial charge in [-0.25, -0.2) is 14.5 Å².